The molecular formula is C14H16N2O3. The Kier molecular flexibility index (Phi) is 4.67. The highest BCUT2D eigenvalue weighted by Crippen LogP contribution is 2.09. The van der Waals surface area contributed by atoms with Gasteiger partial charge in [0.1, 0.15) is 0 Å². The fourth-order valence-electron chi connectivity index (χ4n) is 1.25. The molecule has 0 aromatic heterocycles. The summed E-state index contributed by atoms with van der Waals surface area (Å²) in [6, 6.07) is 6.60. The van der Waals surface area contributed by atoms with Crippen molar-refractivity contribution in [1.82, 2.24) is 5.32 Å². The molecule has 0 aliphatic rings. The number of anilines is 1. The number of aliphatic hydroxyl groups is 1. The highest BCUT2D eigenvalue weighted by atomic mass is 16.3. The third kappa shape index (κ3) is 5.23. The number of terminal acetylenes is 1. The molecule has 0 aliphatic heterocycles. The number of carbonyl (C=O) groups is 2. The number of hydrogen-bond donors (Lipinski definition) is 3. The normalized spacial score (nSPS) is 10.4. The summed E-state index contributed by atoms with van der Waals surface area (Å²) in [6.45, 7) is 3.05. The van der Waals surface area contributed by atoms with Crippen LogP contribution in [0, 0.1) is 12.3 Å². The second-order valence-electron chi connectivity index (χ2n) is 4.67. The predicted molar refractivity (Wildman–Crippen MR) is 72.3 cm³/mol. The first-order valence-corrected chi connectivity index (χ1v) is 5.70. The molecule has 0 unspecified atom stereocenters. The molecule has 0 atom stereocenters. The Labute approximate surface area is 112 Å². The molecule has 1 aromatic carbocycles. The molecule has 0 aliphatic carbocycles. The van der Waals surface area contributed by atoms with Gasteiger partial charge >= 0.3 is 11.8 Å². The largest absolute Gasteiger partial charge is 0.389 e. The van der Waals surface area contributed by atoms with E-state index < -0.39 is 17.4 Å². The molecule has 19 heavy (non-hydrogen) atoms. The van der Waals surface area contributed by atoms with Crippen LogP contribution >= 0.6 is 0 Å². The lowest BCUT2D eigenvalue weighted by molar-refractivity contribution is -0.136. The number of hydrogen-bond acceptors (Lipinski definition) is 3. The van der Waals surface area contributed by atoms with Crippen molar-refractivity contribution in [3.63, 3.8) is 0 Å². The van der Waals surface area contributed by atoms with E-state index in [1.165, 1.54) is 13.8 Å². The van der Waals surface area contributed by atoms with Gasteiger partial charge in [-0.2, -0.15) is 0 Å². The van der Waals surface area contributed by atoms with Crippen molar-refractivity contribution in [3.8, 4) is 12.3 Å². The van der Waals surface area contributed by atoms with E-state index in [1.807, 2.05) is 0 Å². The van der Waals surface area contributed by atoms with Gasteiger partial charge in [-0.25, -0.2) is 0 Å². The van der Waals surface area contributed by atoms with Gasteiger partial charge in [-0.1, -0.05) is 12.0 Å². The van der Waals surface area contributed by atoms with Gasteiger partial charge in [-0.15, -0.1) is 6.42 Å². The monoisotopic (exact) mass is 260 g/mol. The molecule has 2 amide bonds. The van der Waals surface area contributed by atoms with Crippen molar-refractivity contribution in [2.45, 2.75) is 19.4 Å². The Morgan fingerprint density at radius 1 is 1.37 bits per heavy atom. The van der Waals surface area contributed by atoms with Crippen molar-refractivity contribution in [2.24, 2.45) is 0 Å². The van der Waals surface area contributed by atoms with E-state index in [4.69, 9.17) is 6.42 Å². The fraction of sp³-hybridized carbons (Fsp3) is 0.286. The van der Waals surface area contributed by atoms with Crippen molar-refractivity contribution in [1.29, 1.82) is 0 Å². The summed E-state index contributed by atoms with van der Waals surface area (Å²) in [5.41, 5.74) is -0.0205. The summed E-state index contributed by atoms with van der Waals surface area (Å²) >= 11 is 0. The minimum atomic E-state index is -1.07. The molecule has 1 aromatic rings. The lowest BCUT2D eigenvalue weighted by atomic mass is 10.1. The highest BCUT2D eigenvalue weighted by molar-refractivity contribution is 6.39. The Hall–Kier alpha value is -2.32. The molecule has 3 N–H and O–H groups in total. The molecule has 0 saturated carbocycles. The van der Waals surface area contributed by atoms with E-state index in [1.54, 1.807) is 24.3 Å². The Bertz CT molecular complexity index is 524. The average molecular weight is 260 g/mol. The Morgan fingerprint density at radius 3 is 2.63 bits per heavy atom. The maximum Gasteiger partial charge on any atom is 0.313 e. The summed E-state index contributed by atoms with van der Waals surface area (Å²) in [5, 5.41) is 14.2. The van der Waals surface area contributed by atoms with Crippen LogP contribution in [-0.4, -0.2) is 29.1 Å². The van der Waals surface area contributed by atoms with Crippen LogP contribution in [0.3, 0.4) is 0 Å². The first-order chi connectivity index (χ1) is 8.81. The molecular weight excluding hydrogens is 244 g/mol. The number of rotatable bonds is 3. The minimum absolute atomic E-state index is 0.0103. The maximum atomic E-state index is 11.6. The van der Waals surface area contributed by atoms with E-state index in [0.717, 1.165) is 0 Å². The third-order valence-corrected chi connectivity index (χ3v) is 2.17. The first-order valence-electron chi connectivity index (χ1n) is 5.70. The Balaban J connectivity index is 2.59. The molecule has 0 fully saturated rings. The zero-order chi connectivity index (χ0) is 14.5. The molecule has 5 heteroatoms. The summed E-state index contributed by atoms with van der Waals surface area (Å²) in [6.07, 6.45) is 5.24. The average Bonchev–Trinajstić information content (AvgIpc) is 2.35. The first kappa shape index (κ1) is 14.7. The molecule has 0 bridgehead atoms. The van der Waals surface area contributed by atoms with Crippen LogP contribution in [0.5, 0.6) is 0 Å². The molecule has 5 nitrogen and oxygen atoms in total. The van der Waals surface area contributed by atoms with Crippen LogP contribution in [-0.2, 0) is 9.59 Å². The van der Waals surface area contributed by atoms with Crippen molar-refractivity contribution < 1.29 is 14.7 Å². The van der Waals surface area contributed by atoms with Crippen LogP contribution in [0.25, 0.3) is 0 Å². The van der Waals surface area contributed by atoms with E-state index in [0.29, 0.717) is 11.3 Å². The number of amides is 2. The topological polar surface area (TPSA) is 78.4 Å². The summed E-state index contributed by atoms with van der Waals surface area (Å²) in [7, 11) is 0. The van der Waals surface area contributed by atoms with Gasteiger partial charge in [0.15, 0.2) is 0 Å². The molecule has 100 valence electrons. The van der Waals surface area contributed by atoms with Gasteiger partial charge < -0.3 is 15.7 Å². The Morgan fingerprint density at radius 2 is 2.05 bits per heavy atom. The van der Waals surface area contributed by atoms with Crippen molar-refractivity contribution in [3.05, 3.63) is 29.8 Å². The lowest BCUT2D eigenvalue weighted by Crippen LogP contribution is -2.43. The minimum Gasteiger partial charge on any atom is -0.389 e. The summed E-state index contributed by atoms with van der Waals surface area (Å²) in [4.78, 5) is 23.0. The van der Waals surface area contributed by atoms with Crippen molar-refractivity contribution >= 4 is 17.5 Å². The van der Waals surface area contributed by atoms with Crippen molar-refractivity contribution in [2.75, 3.05) is 11.9 Å². The van der Waals surface area contributed by atoms with E-state index in [2.05, 4.69) is 16.6 Å². The molecule has 0 heterocycles. The second-order valence-corrected chi connectivity index (χ2v) is 4.67. The van der Waals surface area contributed by atoms with E-state index in [9.17, 15) is 14.7 Å². The summed E-state index contributed by atoms with van der Waals surface area (Å²) in [5.74, 6) is 0.811. The third-order valence-electron chi connectivity index (χ3n) is 2.17. The predicted octanol–water partition coefficient (Wildman–Crippen LogP) is 0.493. The van der Waals surface area contributed by atoms with Gasteiger partial charge in [-0.3, -0.25) is 9.59 Å². The van der Waals surface area contributed by atoms with Crippen LogP contribution in [0.2, 0.25) is 0 Å². The zero-order valence-corrected chi connectivity index (χ0v) is 10.9. The quantitative estimate of drug-likeness (QED) is 0.547. The molecule has 0 saturated heterocycles. The van der Waals surface area contributed by atoms with Gasteiger partial charge in [0.25, 0.3) is 0 Å². The van der Waals surface area contributed by atoms with Gasteiger partial charge in [0.2, 0.25) is 0 Å². The standard InChI is InChI=1S/C14H16N2O3/c1-4-10-6-5-7-11(8-10)16-13(18)12(17)15-9-14(2,3)19/h1,5-8,19H,9H2,2-3H3,(H,15,17)(H,16,18). The number of benzene rings is 1. The van der Waals surface area contributed by atoms with Crippen LogP contribution in [0.15, 0.2) is 24.3 Å². The molecule has 0 radical (unpaired) electrons. The maximum absolute atomic E-state index is 11.6. The molecule has 1 rings (SSSR count). The lowest BCUT2D eigenvalue weighted by Gasteiger charge is -2.17. The second kappa shape index (κ2) is 6.03. The molecule has 0 spiro atoms. The van der Waals surface area contributed by atoms with Crippen LogP contribution < -0.4 is 10.6 Å². The number of nitrogens with one attached hydrogen (secondary N) is 2. The number of carbonyl (C=O) groups excluding carboxylic acids is 2. The van der Waals surface area contributed by atoms with Gasteiger partial charge in [-0.05, 0) is 32.0 Å². The van der Waals surface area contributed by atoms with Gasteiger partial charge in [0, 0.05) is 17.8 Å². The van der Waals surface area contributed by atoms with E-state index in [-0.39, 0.29) is 6.54 Å². The fourth-order valence-corrected chi connectivity index (χ4v) is 1.25. The highest BCUT2D eigenvalue weighted by Gasteiger charge is 2.18. The summed E-state index contributed by atoms with van der Waals surface area (Å²) < 4.78 is 0. The SMILES string of the molecule is C#Cc1cccc(NC(=O)C(=O)NCC(C)(C)O)c1. The van der Waals surface area contributed by atoms with E-state index >= 15 is 0 Å². The zero-order valence-electron chi connectivity index (χ0n) is 10.9. The smallest absolute Gasteiger partial charge is 0.313 e. The van der Waals surface area contributed by atoms with Crippen LogP contribution in [0.4, 0.5) is 5.69 Å². The van der Waals surface area contributed by atoms with Crippen LogP contribution in [0.1, 0.15) is 19.4 Å². The van der Waals surface area contributed by atoms with Gasteiger partial charge in [0.05, 0.1) is 5.60 Å².